The fraction of sp³-hybridized carbons (Fsp3) is 0.737. The van der Waals surface area contributed by atoms with E-state index in [0.29, 0.717) is 11.9 Å². The zero-order valence-corrected chi connectivity index (χ0v) is 14.8. The molecule has 2 aliphatic rings. The minimum Gasteiger partial charge on any atom is -0.392 e. The van der Waals surface area contributed by atoms with Gasteiger partial charge in [0.25, 0.3) is 0 Å². The summed E-state index contributed by atoms with van der Waals surface area (Å²) in [7, 11) is 0. The molecule has 1 saturated carbocycles. The van der Waals surface area contributed by atoms with Crippen molar-refractivity contribution in [1.29, 1.82) is 0 Å². The van der Waals surface area contributed by atoms with Crippen molar-refractivity contribution in [2.24, 2.45) is 5.92 Å². The summed E-state index contributed by atoms with van der Waals surface area (Å²) in [6.07, 6.45) is 9.06. The van der Waals surface area contributed by atoms with E-state index >= 15 is 0 Å². The second-order valence-corrected chi connectivity index (χ2v) is 7.32. The van der Waals surface area contributed by atoms with Gasteiger partial charge in [-0.25, -0.2) is 0 Å². The quantitative estimate of drug-likeness (QED) is 0.898. The van der Waals surface area contributed by atoms with E-state index in [0.717, 1.165) is 64.8 Å². The molecule has 1 amide bonds. The van der Waals surface area contributed by atoms with Gasteiger partial charge in [-0.05, 0) is 44.2 Å². The average Bonchev–Trinajstić information content (AvgIpc) is 3.16. The van der Waals surface area contributed by atoms with Gasteiger partial charge in [0.15, 0.2) is 0 Å². The van der Waals surface area contributed by atoms with Gasteiger partial charge >= 0.3 is 0 Å². The lowest BCUT2D eigenvalue weighted by atomic mass is 9.85. The van der Waals surface area contributed by atoms with Crippen LogP contribution in [-0.4, -0.2) is 64.2 Å². The first-order valence-electron chi connectivity index (χ1n) is 9.49. The highest BCUT2D eigenvalue weighted by molar-refractivity contribution is 5.79. The third-order valence-electron chi connectivity index (χ3n) is 5.72. The van der Waals surface area contributed by atoms with E-state index < -0.39 is 0 Å². The normalized spacial score (nSPS) is 27.2. The molecule has 134 valence electrons. The Morgan fingerprint density at radius 2 is 1.71 bits per heavy atom. The van der Waals surface area contributed by atoms with Gasteiger partial charge in [0, 0.05) is 57.1 Å². The summed E-state index contributed by atoms with van der Waals surface area (Å²) in [5.41, 5.74) is 0. The minimum absolute atomic E-state index is 0.213. The number of hydrogen-bond donors (Lipinski definition) is 1. The minimum atomic E-state index is -0.240. The Bertz CT molecular complexity index is 501. The average molecular weight is 333 g/mol. The first-order valence-corrected chi connectivity index (χ1v) is 9.49. The number of hydrogen-bond acceptors (Lipinski definition) is 3. The number of aromatic nitrogens is 1. The fourth-order valence-corrected chi connectivity index (χ4v) is 4.05. The highest BCUT2D eigenvalue weighted by Gasteiger charge is 2.31. The molecule has 1 N–H and O–H groups in total. The van der Waals surface area contributed by atoms with Crippen molar-refractivity contribution in [2.45, 2.75) is 51.2 Å². The SMILES string of the molecule is CC[C@H](O)CN1CCN(C(=O)C2CCC(n3cccc3)CC2)CC1. The van der Waals surface area contributed by atoms with E-state index in [1.54, 1.807) is 0 Å². The van der Waals surface area contributed by atoms with Crippen LogP contribution >= 0.6 is 0 Å². The van der Waals surface area contributed by atoms with Crippen LogP contribution in [0, 0.1) is 5.92 Å². The molecule has 0 unspecified atom stereocenters. The lowest BCUT2D eigenvalue weighted by Crippen LogP contribution is -2.52. The van der Waals surface area contributed by atoms with Crippen LogP contribution in [0.5, 0.6) is 0 Å². The Hall–Kier alpha value is -1.33. The second kappa shape index (κ2) is 8.17. The summed E-state index contributed by atoms with van der Waals surface area (Å²) in [4.78, 5) is 17.1. The van der Waals surface area contributed by atoms with E-state index in [1.165, 1.54) is 0 Å². The lowest BCUT2D eigenvalue weighted by molar-refractivity contribution is -0.138. The Labute approximate surface area is 145 Å². The molecule has 0 bridgehead atoms. The first kappa shape index (κ1) is 17.5. The number of aliphatic hydroxyl groups excluding tert-OH is 1. The third-order valence-corrected chi connectivity index (χ3v) is 5.72. The molecule has 1 aliphatic heterocycles. The lowest BCUT2D eigenvalue weighted by Gasteiger charge is -2.38. The predicted octanol–water partition coefficient (Wildman–Crippen LogP) is 2.13. The van der Waals surface area contributed by atoms with Crippen LogP contribution in [0.4, 0.5) is 0 Å². The molecule has 1 aromatic heterocycles. The molecule has 3 rings (SSSR count). The van der Waals surface area contributed by atoms with Gasteiger partial charge in [0.2, 0.25) is 5.91 Å². The van der Waals surface area contributed by atoms with Crippen LogP contribution in [0.25, 0.3) is 0 Å². The number of carbonyl (C=O) groups excluding carboxylic acids is 1. The van der Waals surface area contributed by atoms with E-state index in [9.17, 15) is 9.90 Å². The Kier molecular flexibility index (Phi) is 5.95. The van der Waals surface area contributed by atoms with Crippen molar-refractivity contribution < 1.29 is 9.90 Å². The number of amides is 1. The molecule has 2 fully saturated rings. The Balaban J connectivity index is 1.43. The van der Waals surface area contributed by atoms with Crippen LogP contribution in [0.2, 0.25) is 0 Å². The van der Waals surface area contributed by atoms with E-state index in [2.05, 4.69) is 38.9 Å². The smallest absolute Gasteiger partial charge is 0.225 e. The highest BCUT2D eigenvalue weighted by Crippen LogP contribution is 2.33. The molecule has 2 heterocycles. The molecule has 0 aromatic carbocycles. The number of rotatable bonds is 5. The van der Waals surface area contributed by atoms with Crippen molar-refractivity contribution >= 4 is 5.91 Å². The summed E-state index contributed by atoms with van der Waals surface area (Å²) >= 11 is 0. The van der Waals surface area contributed by atoms with Gasteiger partial charge in [0.05, 0.1) is 6.10 Å². The molecule has 1 aliphatic carbocycles. The summed E-state index contributed by atoms with van der Waals surface area (Å²) in [5.74, 6) is 0.571. The first-order chi connectivity index (χ1) is 11.7. The second-order valence-electron chi connectivity index (χ2n) is 7.32. The number of nitrogens with zero attached hydrogens (tertiary/aromatic N) is 3. The maximum absolute atomic E-state index is 12.8. The molecular weight excluding hydrogens is 302 g/mol. The third kappa shape index (κ3) is 4.19. The number of β-amino-alcohol motifs (C(OH)–C–C–N with tert-alkyl or cyclic N) is 1. The van der Waals surface area contributed by atoms with Gasteiger partial charge in [-0.15, -0.1) is 0 Å². The zero-order valence-electron chi connectivity index (χ0n) is 14.8. The van der Waals surface area contributed by atoms with Crippen molar-refractivity contribution in [2.75, 3.05) is 32.7 Å². The topological polar surface area (TPSA) is 48.7 Å². The van der Waals surface area contributed by atoms with Crippen LogP contribution in [0.1, 0.15) is 45.1 Å². The molecule has 0 spiro atoms. The molecule has 5 nitrogen and oxygen atoms in total. The van der Waals surface area contributed by atoms with Gasteiger partial charge in [-0.3, -0.25) is 9.69 Å². The van der Waals surface area contributed by atoms with E-state index in [1.807, 2.05) is 6.92 Å². The summed E-state index contributed by atoms with van der Waals surface area (Å²) in [6.45, 7) is 6.15. The van der Waals surface area contributed by atoms with Crippen LogP contribution in [0.3, 0.4) is 0 Å². The standard InChI is InChI=1S/C19H31N3O2/c1-2-18(23)15-20-11-13-22(14-12-20)19(24)16-5-7-17(8-6-16)21-9-3-4-10-21/h3-4,9-10,16-18,23H,2,5-8,11-15H2,1H3/t16?,17?,18-/m0/s1. The van der Waals surface area contributed by atoms with E-state index in [-0.39, 0.29) is 12.0 Å². The molecule has 24 heavy (non-hydrogen) atoms. The fourth-order valence-electron chi connectivity index (χ4n) is 4.05. The molecule has 5 heteroatoms. The number of aliphatic hydroxyl groups is 1. The van der Waals surface area contributed by atoms with Gasteiger partial charge in [0.1, 0.15) is 0 Å². The number of piperazine rings is 1. The summed E-state index contributed by atoms with van der Waals surface area (Å²) < 4.78 is 2.29. The molecule has 0 radical (unpaired) electrons. The maximum Gasteiger partial charge on any atom is 0.225 e. The largest absolute Gasteiger partial charge is 0.392 e. The molecular formula is C19H31N3O2. The van der Waals surface area contributed by atoms with Crippen molar-refractivity contribution in [3.8, 4) is 0 Å². The van der Waals surface area contributed by atoms with Crippen LogP contribution in [-0.2, 0) is 4.79 Å². The summed E-state index contributed by atoms with van der Waals surface area (Å²) in [5, 5.41) is 9.77. The van der Waals surface area contributed by atoms with Gasteiger partial charge in [-0.1, -0.05) is 6.92 Å². The highest BCUT2D eigenvalue weighted by atomic mass is 16.3. The van der Waals surface area contributed by atoms with Crippen molar-refractivity contribution in [3.63, 3.8) is 0 Å². The van der Waals surface area contributed by atoms with Crippen LogP contribution < -0.4 is 0 Å². The van der Waals surface area contributed by atoms with Gasteiger partial charge in [-0.2, -0.15) is 0 Å². The maximum atomic E-state index is 12.8. The number of carbonyl (C=O) groups is 1. The Morgan fingerprint density at radius 1 is 1.08 bits per heavy atom. The monoisotopic (exact) mass is 333 g/mol. The Morgan fingerprint density at radius 3 is 2.29 bits per heavy atom. The molecule has 1 atom stereocenters. The molecule has 1 aromatic rings. The van der Waals surface area contributed by atoms with E-state index in [4.69, 9.17) is 0 Å². The molecule has 1 saturated heterocycles. The van der Waals surface area contributed by atoms with Gasteiger partial charge < -0.3 is 14.6 Å². The van der Waals surface area contributed by atoms with Crippen molar-refractivity contribution in [1.82, 2.24) is 14.4 Å². The predicted molar refractivity (Wildman–Crippen MR) is 94.7 cm³/mol. The summed E-state index contributed by atoms with van der Waals surface area (Å²) in [6, 6.07) is 4.72. The zero-order chi connectivity index (χ0) is 16.9. The van der Waals surface area contributed by atoms with Crippen molar-refractivity contribution in [3.05, 3.63) is 24.5 Å². The van der Waals surface area contributed by atoms with Crippen LogP contribution in [0.15, 0.2) is 24.5 Å².